The van der Waals surface area contributed by atoms with E-state index in [0.717, 1.165) is 154 Å². The first-order chi connectivity index (χ1) is 50.4. The van der Waals surface area contributed by atoms with Gasteiger partial charge >= 0.3 is 26.2 Å². The maximum Gasteiger partial charge on any atom is 4.00 e. The molecule has 4 aromatic rings. The van der Waals surface area contributed by atoms with E-state index < -0.39 is 22.4 Å². The first-order valence-corrected chi connectivity index (χ1v) is 39.6. The van der Waals surface area contributed by atoms with Crippen LogP contribution in [0.3, 0.4) is 0 Å². The Balaban J connectivity index is 0.00000137. The van der Waals surface area contributed by atoms with Crippen molar-refractivity contribution in [3.8, 4) is 46.0 Å². The van der Waals surface area contributed by atoms with Gasteiger partial charge in [-0.25, -0.2) is 0 Å². The van der Waals surface area contributed by atoms with Crippen LogP contribution < -0.4 is 58.9 Å². The summed E-state index contributed by atoms with van der Waals surface area (Å²) in [7, 11) is 0. The Morgan fingerprint density at radius 2 is 0.333 bits per heavy atom. The van der Waals surface area contributed by atoms with Crippen molar-refractivity contribution in [3.05, 3.63) is 95.1 Å². The molecule has 0 heterocycles. The minimum absolute atomic E-state index is 0. The van der Waals surface area contributed by atoms with Gasteiger partial charge in [0.1, 0.15) is 68.4 Å². The third kappa shape index (κ3) is 43.6. The van der Waals surface area contributed by atoms with E-state index in [9.17, 15) is 21.0 Å². The molecule has 0 aliphatic rings. The fourth-order valence-electron chi connectivity index (χ4n) is 9.53. The normalized spacial score (nSPS) is 13.3. The molecule has 21 heteroatoms. The van der Waals surface area contributed by atoms with Gasteiger partial charge in [0.2, 0.25) is 0 Å². The van der Waals surface area contributed by atoms with Gasteiger partial charge in [-0.3, -0.25) is 0 Å². The summed E-state index contributed by atoms with van der Waals surface area (Å²) in [5, 5.41) is 46.0. The Labute approximate surface area is 653 Å². The minimum atomic E-state index is -1.08. The standard InChI is InChI=1S/4C21H36O5.Zr/c4*1-5-8-11-23-17-21(4,26-22)18-14-19(24-12-9-6-2)16-20(15-18)25-13-10-7-3;/h4*14-16,22H,5-13,17H2,1-4H3;/q;;;;+4/p-4. The van der Waals surface area contributed by atoms with Gasteiger partial charge in [0, 0.05) is 50.7 Å². The van der Waals surface area contributed by atoms with Gasteiger partial charge in [0.05, 0.1) is 79.3 Å². The van der Waals surface area contributed by atoms with Gasteiger partial charge in [0.15, 0.2) is 0 Å². The first kappa shape index (κ1) is 101. The Hall–Kier alpha value is -4.32. The average Bonchev–Trinajstić information content (AvgIpc) is 0.838. The molecule has 0 aromatic heterocycles. The molecule has 0 aliphatic heterocycles. The summed E-state index contributed by atoms with van der Waals surface area (Å²) in [6.45, 7) is 40.7. The molecule has 0 bridgehead atoms. The summed E-state index contributed by atoms with van der Waals surface area (Å²) in [4.78, 5) is 18.3. The smallest absolute Gasteiger partial charge is 0.723 e. The summed E-state index contributed by atoms with van der Waals surface area (Å²) in [6, 6.07) is 22.3. The molecular weight excluding hydrogens is 1420 g/mol. The number of ether oxygens (including phenoxy) is 12. The van der Waals surface area contributed by atoms with Crippen LogP contribution >= 0.6 is 0 Å². The molecule has 0 aliphatic carbocycles. The molecule has 4 aromatic carbocycles. The first-order valence-electron chi connectivity index (χ1n) is 39.6. The molecule has 0 radical (unpaired) electrons. The van der Waals surface area contributed by atoms with Gasteiger partial charge < -0.3 is 97.4 Å². The third-order valence-corrected chi connectivity index (χ3v) is 16.9. The molecule has 0 saturated heterocycles. The zero-order valence-corrected chi connectivity index (χ0v) is 70.3. The number of unbranched alkanes of at least 4 members (excludes halogenated alkanes) is 12. The van der Waals surface area contributed by atoms with Crippen molar-refractivity contribution in [1.29, 1.82) is 0 Å². The Bertz CT molecular complexity index is 2220. The van der Waals surface area contributed by atoms with Crippen LogP contribution in [-0.2, 0) is 87.1 Å². The number of hydrogen-bond acceptors (Lipinski definition) is 20. The summed E-state index contributed by atoms with van der Waals surface area (Å²) in [5.41, 5.74) is -1.48. The van der Waals surface area contributed by atoms with Gasteiger partial charge in [-0.05, 0) is 176 Å². The molecule has 105 heavy (non-hydrogen) atoms. The summed E-state index contributed by atoms with van der Waals surface area (Å²) in [5.74, 6) is 5.55. The van der Waals surface area contributed by atoms with Gasteiger partial charge in [-0.15, -0.1) is 0 Å². The van der Waals surface area contributed by atoms with E-state index in [0.29, 0.717) is 148 Å². The topological polar surface area (TPSA) is 240 Å². The second-order valence-electron chi connectivity index (χ2n) is 27.3. The summed E-state index contributed by atoms with van der Waals surface area (Å²) < 4.78 is 69.3. The largest absolute Gasteiger partial charge is 4.00 e. The van der Waals surface area contributed by atoms with Crippen molar-refractivity contribution < 1.29 is 124 Å². The van der Waals surface area contributed by atoms with Crippen LogP contribution in [0.15, 0.2) is 72.8 Å². The molecule has 0 amide bonds. The zero-order chi connectivity index (χ0) is 77.0. The summed E-state index contributed by atoms with van der Waals surface area (Å²) in [6.07, 6.45) is 24.3. The van der Waals surface area contributed by atoms with Crippen molar-refractivity contribution in [3.63, 3.8) is 0 Å². The molecule has 0 fully saturated rings. The van der Waals surface area contributed by atoms with Crippen molar-refractivity contribution in [2.45, 2.75) is 287 Å². The van der Waals surface area contributed by atoms with Crippen LogP contribution in [-0.4, -0.2) is 106 Å². The fraction of sp³-hybridized carbons (Fsp3) is 0.714. The monoisotopic (exact) mass is 1560 g/mol. The second-order valence-corrected chi connectivity index (χ2v) is 27.3. The number of rotatable bonds is 60. The number of benzene rings is 4. The molecule has 20 nitrogen and oxygen atoms in total. The van der Waals surface area contributed by atoms with E-state index in [1.54, 1.807) is 27.7 Å². The maximum atomic E-state index is 11.5. The van der Waals surface area contributed by atoms with Crippen LogP contribution in [0.25, 0.3) is 0 Å². The fourth-order valence-corrected chi connectivity index (χ4v) is 9.53. The molecule has 4 unspecified atom stereocenters. The quantitative estimate of drug-likeness (QED) is 0.0227. The van der Waals surface area contributed by atoms with E-state index in [1.165, 1.54) is 0 Å². The predicted octanol–water partition coefficient (Wildman–Crippen LogP) is 17.5. The Morgan fingerprint density at radius 3 is 0.448 bits per heavy atom. The SMILES string of the molecule is CCCCOCC(C)(O[O-])c1cc(OCCCC)cc(OCCCC)c1.CCCCOCC(C)(O[O-])c1cc(OCCCC)cc(OCCCC)c1.CCCCOCC(C)(O[O-])c1cc(OCCCC)cc(OCCCC)c1.CCCCOCC(C)(O[O-])c1cc(OCCCC)cc(OCCCC)c1.[Zr+4]. The third-order valence-electron chi connectivity index (χ3n) is 16.9. The van der Waals surface area contributed by atoms with E-state index >= 15 is 0 Å². The van der Waals surface area contributed by atoms with Gasteiger partial charge in [0.25, 0.3) is 0 Å². The van der Waals surface area contributed by atoms with Crippen LogP contribution in [0.2, 0.25) is 0 Å². The van der Waals surface area contributed by atoms with E-state index in [2.05, 4.69) is 103 Å². The van der Waals surface area contributed by atoms with Crippen molar-refractivity contribution >= 4 is 0 Å². The van der Waals surface area contributed by atoms with Crippen molar-refractivity contribution in [2.75, 3.05) is 106 Å². The second kappa shape index (κ2) is 63.5. The van der Waals surface area contributed by atoms with Crippen LogP contribution in [0, 0.1) is 0 Å². The van der Waals surface area contributed by atoms with Crippen molar-refractivity contribution in [2.24, 2.45) is 0 Å². The molecule has 4 atom stereocenters. The zero-order valence-electron chi connectivity index (χ0n) is 67.9. The molecule has 0 spiro atoms. The minimum Gasteiger partial charge on any atom is -0.723 e. The van der Waals surface area contributed by atoms with Gasteiger partial charge in [-0.2, -0.15) is 0 Å². The molecule has 0 saturated carbocycles. The van der Waals surface area contributed by atoms with E-state index in [-0.39, 0.29) is 52.6 Å². The Kier molecular flexibility index (Phi) is 60.8. The average molecular weight is 1560 g/mol. The molecule has 600 valence electrons. The summed E-state index contributed by atoms with van der Waals surface area (Å²) >= 11 is 0. The maximum absolute atomic E-state index is 11.5. The molecule has 4 rings (SSSR count). The van der Waals surface area contributed by atoms with E-state index in [1.807, 2.05) is 72.8 Å². The van der Waals surface area contributed by atoms with E-state index in [4.69, 9.17) is 56.8 Å². The van der Waals surface area contributed by atoms with Crippen LogP contribution in [0.1, 0.15) is 287 Å². The Morgan fingerprint density at radius 1 is 0.210 bits per heavy atom. The van der Waals surface area contributed by atoms with Gasteiger partial charge in [-0.1, -0.05) is 160 Å². The molecule has 0 N–H and O–H groups in total. The van der Waals surface area contributed by atoms with Crippen LogP contribution in [0.4, 0.5) is 0 Å². The number of hydrogen-bond donors (Lipinski definition) is 0. The predicted molar refractivity (Wildman–Crippen MR) is 406 cm³/mol. The van der Waals surface area contributed by atoms with Crippen molar-refractivity contribution in [1.82, 2.24) is 0 Å². The van der Waals surface area contributed by atoms with Crippen LogP contribution in [0.5, 0.6) is 46.0 Å². The molecular formula is C84H140O20Zr.